The predicted octanol–water partition coefficient (Wildman–Crippen LogP) is 5.65. The summed E-state index contributed by atoms with van der Waals surface area (Å²) in [5.41, 5.74) is 1.10. The monoisotopic (exact) mass is 725 g/mol. The minimum absolute atomic E-state index is 0.0455. The lowest BCUT2D eigenvalue weighted by Crippen LogP contribution is -2.63. The van der Waals surface area contributed by atoms with Gasteiger partial charge in [0, 0.05) is 61.0 Å². The summed E-state index contributed by atoms with van der Waals surface area (Å²) in [6.45, 7) is 13.0. The van der Waals surface area contributed by atoms with E-state index in [-0.39, 0.29) is 38.9 Å². The number of piperazine rings is 1. The molecular formula is C40H45F2N7O4. The van der Waals surface area contributed by atoms with Crippen LogP contribution < -0.4 is 21.3 Å². The summed E-state index contributed by atoms with van der Waals surface area (Å²) in [6, 6.07) is 11.9. The number of nitrogens with zero attached hydrogens (tertiary/aromatic N) is 6. The molecule has 5 aromatic rings. The number of hydrogen-bond acceptors (Lipinski definition) is 9. The lowest BCUT2D eigenvalue weighted by Gasteiger charge is -2.50. The molecule has 0 radical (unpaired) electrons. The third-order valence-corrected chi connectivity index (χ3v) is 10.6. The highest BCUT2D eigenvalue weighted by Gasteiger charge is 2.37. The maximum absolute atomic E-state index is 15.4. The van der Waals surface area contributed by atoms with Crippen LogP contribution in [0.2, 0.25) is 0 Å². The SMILES string of the molecule is CCC1CN(C2COC2)C(C)CN1c1ccc(Nc2cc(-c3cc(F)cc(-n4ncc5cc(C(C)(C)C)cc(F)c5c4=O)c3CO)cn(C)c2=O)nc1. The molecule has 2 aliphatic heterocycles. The number of aliphatic hydroxyl groups excluding tert-OH is 1. The van der Waals surface area contributed by atoms with Crippen molar-refractivity contribution in [2.75, 3.05) is 36.5 Å². The van der Waals surface area contributed by atoms with Gasteiger partial charge >= 0.3 is 0 Å². The van der Waals surface area contributed by atoms with Gasteiger partial charge in [0.15, 0.2) is 0 Å². The number of rotatable bonds is 8. The first kappa shape index (κ1) is 36.4. The molecule has 2 aliphatic rings. The van der Waals surface area contributed by atoms with Crippen molar-refractivity contribution in [2.45, 2.75) is 71.2 Å². The molecule has 2 saturated heterocycles. The Labute approximate surface area is 306 Å². The largest absolute Gasteiger partial charge is 0.392 e. The van der Waals surface area contributed by atoms with Crippen molar-refractivity contribution < 1.29 is 18.6 Å². The smallest absolute Gasteiger partial charge is 0.282 e. The van der Waals surface area contributed by atoms with Crippen molar-refractivity contribution in [3.63, 3.8) is 0 Å². The molecule has 2 aromatic carbocycles. The maximum atomic E-state index is 15.4. The van der Waals surface area contributed by atoms with Gasteiger partial charge in [0.05, 0.1) is 55.0 Å². The summed E-state index contributed by atoms with van der Waals surface area (Å²) in [7, 11) is 1.57. The van der Waals surface area contributed by atoms with Crippen molar-refractivity contribution in [1.82, 2.24) is 24.2 Å². The van der Waals surface area contributed by atoms with Crippen LogP contribution in [0.4, 0.5) is 26.0 Å². The number of nitrogens with one attached hydrogen (secondary N) is 1. The molecule has 2 N–H and O–H groups in total. The zero-order chi connectivity index (χ0) is 37.8. The topological polar surface area (TPSA) is 118 Å². The Morgan fingerprint density at radius 2 is 1.79 bits per heavy atom. The molecule has 7 rings (SSSR count). The first-order valence-corrected chi connectivity index (χ1v) is 18.0. The Morgan fingerprint density at radius 3 is 2.43 bits per heavy atom. The van der Waals surface area contributed by atoms with Crippen LogP contribution in [-0.2, 0) is 23.8 Å². The third-order valence-electron chi connectivity index (χ3n) is 10.6. The number of pyridine rings is 2. The number of aromatic nitrogens is 4. The van der Waals surface area contributed by atoms with Gasteiger partial charge in [-0.25, -0.2) is 13.8 Å². The first-order chi connectivity index (χ1) is 25.3. The minimum atomic E-state index is -0.793. The fourth-order valence-corrected chi connectivity index (χ4v) is 7.44. The van der Waals surface area contributed by atoms with Crippen LogP contribution in [0.15, 0.2) is 70.6 Å². The average Bonchev–Trinajstić information content (AvgIpc) is 3.09. The maximum Gasteiger partial charge on any atom is 0.282 e. The molecular weight excluding hydrogens is 680 g/mol. The van der Waals surface area contributed by atoms with Gasteiger partial charge in [0.25, 0.3) is 11.1 Å². The summed E-state index contributed by atoms with van der Waals surface area (Å²) in [4.78, 5) is 36.6. The number of hydrogen-bond donors (Lipinski definition) is 2. The van der Waals surface area contributed by atoms with E-state index in [2.05, 4.69) is 39.0 Å². The zero-order valence-corrected chi connectivity index (χ0v) is 30.9. The van der Waals surface area contributed by atoms with Crippen molar-refractivity contribution in [3.05, 3.63) is 105 Å². The number of ether oxygens (including phenoxy) is 1. The highest BCUT2D eigenvalue weighted by Crippen LogP contribution is 2.33. The van der Waals surface area contributed by atoms with Crippen LogP contribution >= 0.6 is 0 Å². The summed E-state index contributed by atoms with van der Waals surface area (Å²) in [5, 5.41) is 18.1. The molecule has 2 fully saturated rings. The molecule has 0 aliphatic carbocycles. The fraction of sp³-hybridized carbons (Fsp3) is 0.400. The molecule has 11 nitrogen and oxygen atoms in total. The van der Waals surface area contributed by atoms with Gasteiger partial charge in [0.2, 0.25) is 0 Å². The molecule has 2 unspecified atom stereocenters. The normalized spacial score (nSPS) is 18.4. The summed E-state index contributed by atoms with van der Waals surface area (Å²) in [6.07, 6.45) is 5.67. The summed E-state index contributed by atoms with van der Waals surface area (Å²) < 4.78 is 38.5. The van der Waals surface area contributed by atoms with E-state index in [9.17, 15) is 14.7 Å². The predicted molar refractivity (Wildman–Crippen MR) is 202 cm³/mol. The van der Waals surface area contributed by atoms with E-state index in [1.807, 2.05) is 32.9 Å². The van der Waals surface area contributed by atoms with Gasteiger partial charge in [-0.15, -0.1) is 0 Å². The van der Waals surface area contributed by atoms with E-state index < -0.39 is 23.8 Å². The Bertz CT molecular complexity index is 2300. The van der Waals surface area contributed by atoms with Crippen molar-refractivity contribution in [1.29, 1.82) is 0 Å². The molecule has 0 spiro atoms. The van der Waals surface area contributed by atoms with E-state index in [0.717, 1.165) is 49.2 Å². The van der Waals surface area contributed by atoms with Crippen LogP contribution in [0.1, 0.15) is 52.2 Å². The van der Waals surface area contributed by atoms with Gasteiger partial charge in [-0.3, -0.25) is 14.5 Å². The Morgan fingerprint density at radius 1 is 1.02 bits per heavy atom. The second kappa shape index (κ2) is 14.1. The highest BCUT2D eigenvalue weighted by molar-refractivity contribution is 5.83. The lowest BCUT2D eigenvalue weighted by molar-refractivity contribution is -0.0836. The molecule has 0 saturated carbocycles. The van der Waals surface area contributed by atoms with Crippen molar-refractivity contribution in [3.8, 4) is 16.8 Å². The fourth-order valence-electron chi connectivity index (χ4n) is 7.44. The van der Waals surface area contributed by atoms with E-state index in [4.69, 9.17) is 4.74 Å². The van der Waals surface area contributed by atoms with Gasteiger partial charge in [-0.1, -0.05) is 27.7 Å². The van der Waals surface area contributed by atoms with Crippen LogP contribution in [0.3, 0.4) is 0 Å². The molecule has 0 bridgehead atoms. The number of benzene rings is 2. The number of aliphatic hydroxyl groups is 1. The highest BCUT2D eigenvalue weighted by atomic mass is 19.1. The molecule has 53 heavy (non-hydrogen) atoms. The molecule has 278 valence electrons. The van der Waals surface area contributed by atoms with Gasteiger partial charge in [-0.05, 0) is 66.3 Å². The van der Waals surface area contributed by atoms with Crippen LogP contribution in [0.25, 0.3) is 27.6 Å². The Kier molecular flexibility index (Phi) is 9.68. The second-order valence-electron chi connectivity index (χ2n) is 15.2. The van der Waals surface area contributed by atoms with Crippen molar-refractivity contribution in [2.24, 2.45) is 7.05 Å². The van der Waals surface area contributed by atoms with Crippen LogP contribution in [0, 0.1) is 11.6 Å². The molecule has 0 amide bonds. The second-order valence-corrected chi connectivity index (χ2v) is 15.2. The zero-order valence-electron chi connectivity index (χ0n) is 30.9. The van der Waals surface area contributed by atoms with Crippen molar-refractivity contribution >= 4 is 28.0 Å². The third kappa shape index (κ3) is 6.84. The number of halogens is 2. The number of anilines is 3. The molecule has 3 aromatic heterocycles. The average molecular weight is 726 g/mol. The molecule has 2 atom stereocenters. The Balaban J connectivity index is 1.21. The first-order valence-electron chi connectivity index (χ1n) is 18.0. The van der Waals surface area contributed by atoms with E-state index >= 15 is 8.78 Å². The van der Waals surface area contributed by atoms with Gasteiger partial charge in [0.1, 0.15) is 23.1 Å². The summed E-state index contributed by atoms with van der Waals surface area (Å²) >= 11 is 0. The number of aryl methyl sites for hydroxylation is 1. The lowest BCUT2D eigenvalue weighted by atomic mass is 9.86. The Hall–Kier alpha value is -4.98. The standard InChI is InChI=1S/C40H45F2N7O4/c1-7-28-19-47(30-21-53-22-30)23(2)17-48(28)29-8-9-36(43-16-29)45-34-11-25(18-46(6)38(34)51)31-13-27(41)14-35(32(31)20-50)49-39(52)37-24(15-44-49)10-26(12-33(37)42)40(3,4)5/h8-16,18,23,28,30,50H,7,17,19-22H2,1-6H3,(H,43,45). The van der Waals surface area contributed by atoms with E-state index in [1.165, 1.54) is 29.1 Å². The number of fused-ring (bicyclic) bond motifs is 1. The van der Waals surface area contributed by atoms with Gasteiger partial charge < -0.3 is 24.6 Å². The van der Waals surface area contributed by atoms with Gasteiger partial charge in [-0.2, -0.15) is 9.78 Å². The molecule has 13 heteroatoms. The van der Waals surface area contributed by atoms with Crippen LogP contribution in [0.5, 0.6) is 0 Å². The van der Waals surface area contributed by atoms with Crippen LogP contribution in [-0.4, -0.2) is 73.8 Å². The van der Waals surface area contributed by atoms with E-state index in [1.54, 1.807) is 25.4 Å². The summed E-state index contributed by atoms with van der Waals surface area (Å²) in [5.74, 6) is -0.986. The van der Waals surface area contributed by atoms with E-state index in [0.29, 0.717) is 40.5 Å². The quantitative estimate of drug-likeness (QED) is 0.210. The molecule has 5 heterocycles. The minimum Gasteiger partial charge on any atom is -0.392 e.